The molecule has 1 fully saturated rings. The van der Waals surface area contributed by atoms with Gasteiger partial charge in [0, 0.05) is 37.6 Å². The molecule has 1 aromatic heterocycles. The number of likely N-dealkylation sites (N-methyl/N-ethyl adjacent to an activating group) is 1. The van der Waals surface area contributed by atoms with Gasteiger partial charge >= 0.3 is 0 Å². The van der Waals surface area contributed by atoms with E-state index >= 15 is 0 Å². The Morgan fingerprint density at radius 1 is 0.885 bits per heavy atom. The maximum Gasteiger partial charge on any atom is 0.227 e. The summed E-state index contributed by atoms with van der Waals surface area (Å²) in [5.41, 5.74) is 2.23. The molecular weight excluding hydrogens is 322 g/mol. The Bertz CT molecular complexity index is 872. The number of hydrogen-bond donors (Lipinski definition) is 1. The lowest BCUT2D eigenvalue weighted by atomic mass is 10.1. The summed E-state index contributed by atoms with van der Waals surface area (Å²) in [7, 11) is 2.16. The third-order valence-corrected chi connectivity index (χ3v) is 5.03. The first kappa shape index (κ1) is 16.8. The highest BCUT2D eigenvalue weighted by Gasteiger charge is 2.19. The Balaban J connectivity index is 1.68. The lowest BCUT2D eigenvalue weighted by Crippen LogP contribution is -2.45. The first-order valence-corrected chi connectivity index (χ1v) is 9.22. The highest BCUT2D eigenvalue weighted by molar-refractivity contribution is 5.90. The van der Waals surface area contributed by atoms with Gasteiger partial charge in [0.1, 0.15) is 5.82 Å². The summed E-state index contributed by atoms with van der Waals surface area (Å²) in [5.74, 6) is 1.72. The zero-order valence-corrected chi connectivity index (χ0v) is 15.4. The second-order valence-electron chi connectivity index (χ2n) is 6.96. The number of aromatic nitrogens is 2. The number of para-hydroxylation sites is 1. The molecule has 0 spiro atoms. The Kier molecular flexibility index (Phi) is 4.71. The summed E-state index contributed by atoms with van der Waals surface area (Å²) in [6, 6.07) is 18.9. The quantitative estimate of drug-likeness (QED) is 0.782. The van der Waals surface area contributed by atoms with Gasteiger partial charge in [0.05, 0.1) is 5.52 Å². The van der Waals surface area contributed by atoms with Gasteiger partial charge in [0.25, 0.3) is 0 Å². The SMILES string of the molecule is C[C@H](Nc1nc(N2CCN(C)CC2)nc2ccccc12)c1ccccc1. The maximum absolute atomic E-state index is 4.90. The molecule has 0 amide bonds. The molecule has 5 nitrogen and oxygen atoms in total. The van der Waals surface area contributed by atoms with Crippen molar-refractivity contribution in [2.45, 2.75) is 13.0 Å². The summed E-state index contributed by atoms with van der Waals surface area (Å²) in [6.45, 7) is 6.17. The molecule has 0 bridgehead atoms. The highest BCUT2D eigenvalue weighted by Crippen LogP contribution is 2.27. The van der Waals surface area contributed by atoms with E-state index in [1.54, 1.807) is 0 Å². The van der Waals surface area contributed by atoms with E-state index in [-0.39, 0.29) is 6.04 Å². The molecular formula is C21H25N5. The summed E-state index contributed by atoms with van der Waals surface area (Å²) >= 11 is 0. The lowest BCUT2D eigenvalue weighted by Gasteiger charge is -2.32. The van der Waals surface area contributed by atoms with E-state index in [0.29, 0.717) is 0 Å². The van der Waals surface area contributed by atoms with E-state index in [9.17, 15) is 0 Å². The number of fused-ring (bicyclic) bond motifs is 1. The van der Waals surface area contributed by atoms with E-state index in [0.717, 1.165) is 48.8 Å². The third kappa shape index (κ3) is 3.48. The largest absolute Gasteiger partial charge is 0.363 e. The zero-order valence-electron chi connectivity index (χ0n) is 15.4. The van der Waals surface area contributed by atoms with E-state index in [2.05, 4.69) is 65.5 Å². The van der Waals surface area contributed by atoms with Crippen LogP contribution in [0.5, 0.6) is 0 Å². The van der Waals surface area contributed by atoms with Crippen molar-refractivity contribution in [2.75, 3.05) is 43.4 Å². The Hall–Kier alpha value is -2.66. The van der Waals surface area contributed by atoms with Crippen molar-refractivity contribution < 1.29 is 0 Å². The normalized spacial score (nSPS) is 16.6. The van der Waals surface area contributed by atoms with E-state index < -0.39 is 0 Å². The van der Waals surface area contributed by atoms with Crippen molar-refractivity contribution in [1.82, 2.24) is 14.9 Å². The first-order valence-electron chi connectivity index (χ1n) is 9.22. The standard InChI is InChI=1S/C21H25N5/c1-16(17-8-4-3-5-9-17)22-20-18-10-6-7-11-19(18)23-21(24-20)26-14-12-25(2)13-15-26/h3-11,16H,12-15H2,1-2H3,(H,22,23,24)/t16-/m0/s1. The Labute approximate surface area is 154 Å². The summed E-state index contributed by atoms with van der Waals surface area (Å²) in [4.78, 5) is 14.3. The number of nitrogens with zero attached hydrogens (tertiary/aromatic N) is 4. The predicted octanol–water partition coefficient (Wildman–Crippen LogP) is 3.55. The molecule has 1 aliphatic rings. The van der Waals surface area contributed by atoms with E-state index in [1.807, 2.05) is 18.2 Å². The number of rotatable bonds is 4. The van der Waals surface area contributed by atoms with Crippen LogP contribution in [0.1, 0.15) is 18.5 Å². The maximum atomic E-state index is 4.90. The molecule has 0 aliphatic carbocycles. The van der Waals surface area contributed by atoms with Crippen LogP contribution in [0, 0.1) is 0 Å². The molecule has 134 valence electrons. The van der Waals surface area contributed by atoms with Crippen molar-refractivity contribution in [3.63, 3.8) is 0 Å². The smallest absolute Gasteiger partial charge is 0.227 e. The fraction of sp³-hybridized carbons (Fsp3) is 0.333. The number of hydrogen-bond acceptors (Lipinski definition) is 5. The van der Waals surface area contributed by atoms with Crippen LogP contribution in [-0.2, 0) is 0 Å². The lowest BCUT2D eigenvalue weighted by molar-refractivity contribution is 0.311. The number of nitrogens with one attached hydrogen (secondary N) is 1. The Morgan fingerprint density at radius 3 is 2.35 bits per heavy atom. The molecule has 1 saturated heterocycles. The van der Waals surface area contributed by atoms with Crippen LogP contribution in [-0.4, -0.2) is 48.1 Å². The molecule has 26 heavy (non-hydrogen) atoms. The molecule has 0 radical (unpaired) electrons. The van der Waals surface area contributed by atoms with E-state index in [4.69, 9.17) is 9.97 Å². The van der Waals surface area contributed by atoms with Crippen LogP contribution in [0.15, 0.2) is 54.6 Å². The molecule has 3 aromatic rings. The van der Waals surface area contributed by atoms with Gasteiger partial charge in [-0.2, -0.15) is 4.98 Å². The minimum Gasteiger partial charge on any atom is -0.363 e. The number of benzene rings is 2. The van der Waals surface area contributed by atoms with Crippen LogP contribution in [0.25, 0.3) is 10.9 Å². The van der Waals surface area contributed by atoms with Crippen molar-refractivity contribution in [3.8, 4) is 0 Å². The van der Waals surface area contributed by atoms with E-state index in [1.165, 1.54) is 5.56 Å². The Morgan fingerprint density at radius 2 is 1.58 bits per heavy atom. The van der Waals surface area contributed by atoms with Gasteiger partial charge in [-0.1, -0.05) is 42.5 Å². The molecule has 5 heteroatoms. The topological polar surface area (TPSA) is 44.3 Å². The van der Waals surface area contributed by atoms with Crippen molar-refractivity contribution >= 4 is 22.7 Å². The number of anilines is 2. The van der Waals surface area contributed by atoms with Gasteiger partial charge in [0.15, 0.2) is 0 Å². The minimum absolute atomic E-state index is 0.176. The van der Waals surface area contributed by atoms with Gasteiger partial charge in [0.2, 0.25) is 5.95 Å². The molecule has 0 saturated carbocycles. The van der Waals surface area contributed by atoms with Crippen LogP contribution in [0.2, 0.25) is 0 Å². The molecule has 0 unspecified atom stereocenters. The van der Waals surface area contributed by atoms with Crippen molar-refractivity contribution in [2.24, 2.45) is 0 Å². The minimum atomic E-state index is 0.176. The second-order valence-corrected chi connectivity index (χ2v) is 6.96. The van der Waals surface area contributed by atoms with Crippen LogP contribution in [0.4, 0.5) is 11.8 Å². The predicted molar refractivity (Wildman–Crippen MR) is 108 cm³/mol. The average molecular weight is 347 g/mol. The fourth-order valence-corrected chi connectivity index (χ4v) is 3.35. The highest BCUT2D eigenvalue weighted by atomic mass is 15.3. The third-order valence-electron chi connectivity index (χ3n) is 5.03. The molecule has 2 heterocycles. The molecule has 2 aromatic carbocycles. The molecule has 4 rings (SSSR count). The number of piperazine rings is 1. The van der Waals surface area contributed by atoms with Crippen molar-refractivity contribution in [1.29, 1.82) is 0 Å². The first-order chi connectivity index (χ1) is 12.7. The summed E-state index contributed by atoms with van der Waals surface area (Å²) < 4.78 is 0. The van der Waals surface area contributed by atoms with Gasteiger partial charge in [-0.05, 0) is 31.7 Å². The van der Waals surface area contributed by atoms with Crippen LogP contribution in [0.3, 0.4) is 0 Å². The fourth-order valence-electron chi connectivity index (χ4n) is 3.35. The van der Waals surface area contributed by atoms with Crippen LogP contribution >= 0.6 is 0 Å². The summed E-state index contributed by atoms with van der Waals surface area (Å²) in [5, 5.41) is 4.66. The van der Waals surface area contributed by atoms with Crippen molar-refractivity contribution in [3.05, 3.63) is 60.2 Å². The molecule has 1 aliphatic heterocycles. The zero-order chi connectivity index (χ0) is 17.9. The van der Waals surface area contributed by atoms with Crippen LogP contribution < -0.4 is 10.2 Å². The van der Waals surface area contributed by atoms with Gasteiger partial charge < -0.3 is 15.1 Å². The monoisotopic (exact) mass is 347 g/mol. The summed E-state index contributed by atoms with van der Waals surface area (Å²) in [6.07, 6.45) is 0. The van der Waals surface area contributed by atoms with Gasteiger partial charge in [-0.3, -0.25) is 0 Å². The molecule has 1 atom stereocenters. The van der Waals surface area contributed by atoms with Gasteiger partial charge in [-0.15, -0.1) is 0 Å². The second kappa shape index (κ2) is 7.30. The average Bonchev–Trinajstić information content (AvgIpc) is 2.69. The molecule has 1 N–H and O–H groups in total. The van der Waals surface area contributed by atoms with Gasteiger partial charge in [-0.25, -0.2) is 4.98 Å².